The Kier molecular flexibility index (Phi) is 6.04. The number of urea groups is 1. The van der Waals surface area contributed by atoms with Crippen LogP contribution in [0.3, 0.4) is 0 Å². The molecule has 6 nitrogen and oxygen atoms in total. The molecule has 3 rings (SSSR count). The van der Waals surface area contributed by atoms with Crippen LogP contribution in [0.2, 0.25) is 0 Å². The van der Waals surface area contributed by atoms with Gasteiger partial charge in [0, 0.05) is 29.5 Å². The van der Waals surface area contributed by atoms with E-state index in [4.69, 9.17) is 0 Å². The summed E-state index contributed by atoms with van der Waals surface area (Å²) in [6, 6.07) is 13.8. The van der Waals surface area contributed by atoms with Crippen molar-refractivity contribution in [2.45, 2.75) is 12.6 Å². The first-order valence-electron chi connectivity index (χ1n) is 8.43. The lowest BCUT2D eigenvalue weighted by Crippen LogP contribution is -2.36. The van der Waals surface area contributed by atoms with Gasteiger partial charge in [-0.25, -0.2) is 4.79 Å². The van der Waals surface area contributed by atoms with Gasteiger partial charge in [-0.3, -0.25) is 4.68 Å². The fraction of sp³-hybridized carbons (Fsp3) is 0.263. The smallest absolute Gasteiger partial charge is 0.319 e. The molecule has 1 unspecified atom stereocenters. The molecule has 136 valence electrons. The third-order valence-corrected chi connectivity index (χ3v) is 5.04. The second-order valence-corrected chi connectivity index (χ2v) is 7.21. The number of likely N-dealkylation sites (N-methyl/N-ethyl adjacent to an activating group) is 1. The number of hydrogen-bond acceptors (Lipinski definition) is 4. The highest BCUT2D eigenvalue weighted by Gasteiger charge is 2.16. The maximum Gasteiger partial charge on any atom is 0.319 e. The van der Waals surface area contributed by atoms with Crippen molar-refractivity contribution in [2.24, 2.45) is 0 Å². The molecule has 1 aromatic carbocycles. The monoisotopic (exact) mass is 369 g/mol. The van der Waals surface area contributed by atoms with Crippen LogP contribution in [-0.2, 0) is 6.54 Å². The Bertz CT molecular complexity index is 797. The van der Waals surface area contributed by atoms with E-state index in [9.17, 15) is 4.79 Å². The minimum Gasteiger partial charge on any atom is -0.336 e. The van der Waals surface area contributed by atoms with Gasteiger partial charge in [0.2, 0.25) is 0 Å². The van der Waals surface area contributed by atoms with Crippen molar-refractivity contribution >= 4 is 23.1 Å². The molecule has 2 heterocycles. The topological polar surface area (TPSA) is 62.2 Å². The van der Waals surface area contributed by atoms with Gasteiger partial charge in [-0.05, 0) is 49.3 Å². The summed E-state index contributed by atoms with van der Waals surface area (Å²) >= 11 is 1.70. The van der Waals surface area contributed by atoms with Crippen LogP contribution in [0.1, 0.15) is 16.5 Å². The number of anilines is 1. The molecular formula is C19H23N5OS. The van der Waals surface area contributed by atoms with E-state index in [2.05, 4.69) is 32.1 Å². The molecule has 0 aliphatic heterocycles. The van der Waals surface area contributed by atoms with Crippen LogP contribution in [0.5, 0.6) is 0 Å². The molecule has 2 N–H and O–H groups in total. The number of aromatic nitrogens is 2. The summed E-state index contributed by atoms with van der Waals surface area (Å²) in [5.74, 6) is 0. The van der Waals surface area contributed by atoms with E-state index in [1.807, 2.05) is 61.4 Å². The first kappa shape index (κ1) is 18.2. The lowest BCUT2D eigenvalue weighted by molar-refractivity contribution is 0.244. The van der Waals surface area contributed by atoms with E-state index < -0.39 is 0 Å². The number of nitrogens with one attached hydrogen (secondary N) is 2. The molecule has 3 aromatic rings. The van der Waals surface area contributed by atoms with E-state index in [-0.39, 0.29) is 12.1 Å². The highest BCUT2D eigenvalue weighted by molar-refractivity contribution is 7.10. The second-order valence-electron chi connectivity index (χ2n) is 6.23. The van der Waals surface area contributed by atoms with E-state index >= 15 is 0 Å². The first-order chi connectivity index (χ1) is 12.6. The lowest BCUT2D eigenvalue weighted by Gasteiger charge is -2.23. The van der Waals surface area contributed by atoms with Crippen LogP contribution in [0.25, 0.3) is 0 Å². The normalized spacial score (nSPS) is 12.1. The number of nitrogens with zero attached hydrogens (tertiary/aromatic N) is 3. The molecule has 26 heavy (non-hydrogen) atoms. The van der Waals surface area contributed by atoms with Crippen molar-refractivity contribution in [3.8, 4) is 0 Å². The minimum absolute atomic E-state index is 0.164. The first-order valence-corrected chi connectivity index (χ1v) is 9.31. The molecule has 1 atom stereocenters. The fourth-order valence-electron chi connectivity index (χ4n) is 2.66. The van der Waals surface area contributed by atoms with Crippen molar-refractivity contribution in [1.29, 1.82) is 0 Å². The summed E-state index contributed by atoms with van der Waals surface area (Å²) in [7, 11) is 4.03. The Balaban J connectivity index is 1.51. The summed E-state index contributed by atoms with van der Waals surface area (Å²) in [5, 5.41) is 12.1. The summed E-state index contributed by atoms with van der Waals surface area (Å²) in [4.78, 5) is 15.5. The molecule has 0 spiro atoms. The van der Waals surface area contributed by atoms with Crippen LogP contribution >= 0.6 is 11.3 Å². The number of benzene rings is 1. The summed E-state index contributed by atoms with van der Waals surface area (Å²) in [5.41, 5.74) is 1.90. The highest BCUT2D eigenvalue weighted by atomic mass is 32.1. The molecular weight excluding hydrogens is 346 g/mol. The SMILES string of the molecule is CN(C)C(CNC(=O)Nc1ccc(Cn2cccn2)cc1)c1cccs1. The van der Waals surface area contributed by atoms with E-state index in [0.717, 1.165) is 11.3 Å². The molecule has 0 aliphatic carbocycles. The van der Waals surface area contributed by atoms with Crippen molar-refractivity contribution in [1.82, 2.24) is 20.0 Å². The predicted octanol–water partition coefficient (Wildman–Crippen LogP) is 3.42. The zero-order valence-corrected chi connectivity index (χ0v) is 15.7. The van der Waals surface area contributed by atoms with Crippen LogP contribution in [0, 0.1) is 0 Å². The minimum atomic E-state index is -0.201. The van der Waals surface area contributed by atoms with Gasteiger partial charge in [-0.1, -0.05) is 18.2 Å². The van der Waals surface area contributed by atoms with E-state index in [0.29, 0.717) is 13.1 Å². The highest BCUT2D eigenvalue weighted by Crippen LogP contribution is 2.22. The van der Waals surface area contributed by atoms with Crippen molar-refractivity contribution in [3.05, 3.63) is 70.7 Å². The van der Waals surface area contributed by atoms with Crippen molar-refractivity contribution in [3.63, 3.8) is 0 Å². The Morgan fingerprint density at radius 2 is 2.04 bits per heavy atom. The zero-order valence-electron chi connectivity index (χ0n) is 14.9. The fourth-order valence-corrected chi connectivity index (χ4v) is 3.58. The molecule has 0 fully saturated rings. The van der Waals surface area contributed by atoms with Gasteiger partial charge in [-0.15, -0.1) is 11.3 Å². The molecule has 0 saturated carbocycles. The third-order valence-electron chi connectivity index (χ3n) is 4.07. The van der Waals surface area contributed by atoms with E-state index in [1.165, 1.54) is 4.88 Å². The lowest BCUT2D eigenvalue weighted by atomic mass is 10.2. The Labute approximate surface area is 157 Å². The van der Waals surface area contributed by atoms with Gasteiger partial charge in [-0.2, -0.15) is 5.10 Å². The van der Waals surface area contributed by atoms with Crippen LogP contribution in [0.15, 0.2) is 60.2 Å². The summed E-state index contributed by atoms with van der Waals surface area (Å²) in [6.45, 7) is 1.27. The standard InChI is InChI=1S/C19H23N5OS/c1-23(2)17(18-5-3-12-26-18)13-20-19(25)22-16-8-6-15(7-9-16)14-24-11-4-10-21-24/h3-12,17H,13-14H2,1-2H3,(H2,20,22,25). The van der Waals surface area contributed by atoms with Gasteiger partial charge >= 0.3 is 6.03 Å². The van der Waals surface area contributed by atoms with Crippen LogP contribution in [0.4, 0.5) is 10.5 Å². The number of thiophene rings is 1. The Hall–Kier alpha value is -2.64. The number of amides is 2. The van der Waals surface area contributed by atoms with Gasteiger partial charge in [0.1, 0.15) is 0 Å². The van der Waals surface area contributed by atoms with Gasteiger partial charge < -0.3 is 15.5 Å². The zero-order chi connectivity index (χ0) is 18.4. The molecule has 0 saturated heterocycles. The third kappa shape index (κ3) is 4.93. The molecule has 7 heteroatoms. The molecule has 2 aromatic heterocycles. The Morgan fingerprint density at radius 1 is 1.23 bits per heavy atom. The maximum atomic E-state index is 12.2. The van der Waals surface area contributed by atoms with Crippen LogP contribution in [-0.4, -0.2) is 41.4 Å². The predicted molar refractivity (Wildman–Crippen MR) is 106 cm³/mol. The Morgan fingerprint density at radius 3 is 2.65 bits per heavy atom. The number of carbonyl (C=O) groups is 1. The average molecular weight is 369 g/mol. The van der Waals surface area contributed by atoms with Gasteiger partial charge in [0.05, 0.1) is 12.6 Å². The quantitative estimate of drug-likeness (QED) is 0.671. The molecule has 0 aliphatic rings. The number of rotatable bonds is 7. The molecule has 2 amide bonds. The van der Waals surface area contributed by atoms with Crippen molar-refractivity contribution in [2.75, 3.05) is 26.0 Å². The largest absolute Gasteiger partial charge is 0.336 e. The van der Waals surface area contributed by atoms with Gasteiger partial charge in [0.15, 0.2) is 0 Å². The number of hydrogen-bond donors (Lipinski definition) is 2. The van der Waals surface area contributed by atoms with Crippen molar-refractivity contribution < 1.29 is 4.79 Å². The molecule has 0 radical (unpaired) electrons. The number of carbonyl (C=O) groups excluding carboxylic acids is 1. The summed E-state index contributed by atoms with van der Waals surface area (Å²) in [6.07, 6.45) is 3.69. The van der Waals surface area contributed by atoms with Crippen LogP contribution < -0.4 is 10.6 Å². The van der Waals surface area contributed by atoms with E-state index in [1.54, 1.807) is 17.5 Å². The molecule has 0 bridgehead atoms. The maximum absolute atomic E-state index is 12.2. The average Bonchev–Trinajstić information content (AvgIpc) is 3.30. The van der Waals surface area contributed by atoms with Gasteiger partial charge in [0.25, 0.3) is 0 Å². The summed E-state index contributed by atoms with van der Waals surface area (Å²) < 4.78 is 1.86. The second kappa shape index (κ2) is 8.64.